The molecule has 0 unspecified atom stereocenters. The van der Waals surface area contributed by atoms with E-state index >= 15 is 0 Å². The minimum Gasteiger partial charge on any atom is -0.618 e. The fourth-order valence-corrected chi connectivity index (χ4v) is 7.72. The number of aromatic nitrogens is 8. The van der Waals surface area contributed by atoms with Crippen LogP contribution in [0.25, 0.3) is 0 Å². The summed E-state index contributed by atoms with van der Waals surface area (Å²) in [5.74, 6) is -11.5. The molecule has 75 heavy (non-hydrogen) atoms. The van der Waals surface area contributed by atoms with E-state index in [1.807, 2.05) is 18.3 Å². The van der Waals surface area contributed by atoms with E-state index in [1.165, 1.54) is 44.3 Å². The largest absolute Gasteiger partial charge is 0.618 e. The van der Waals surface area contributed by atoms with Gasteiger partial charge in [0.15, 0.2) is 24.0 Å². The highest BCUT2D eigenvalue weighted by Crippen LogP contribution is 2.28. The lowest BCUT2D eigenvalue weighted by Gasteiger charge is -2.26. The molecule has 3 amide bonds. The Labute approximate surface area is 434 Å². The van der Waals surface area contributed by atoms with Crippen LogP contribution in [0.2, 0.25) is 10.3 Å². The van der Waals surface area contributed by atoms with Crippen molar-refractivity contribution in [2.75, 3.05) is 29.5 Å². The number of pyridine rings is 4. The van der Waals surface area contributed by atoms with Crippen LogP contribution in [0.1, 0.15) is 42.2 Å². The Kier molecular flexibility index (Phi) is 19.5. The molecule has 0 aromatic carbocycles. The van der Waals surface area contributed by atoms with Crippen LogP contribution < -0.4 is 47.2 Å². The Morgan fingerprint density at radius 1 is 0.667 bits per heavy atom. The summed E-state index contributed by atoms with van der Waals surface area (Å²) in [7, 11) is 0. The van der Waals surface area contributed by atoms with Gasteiger partial charge in [-0.05, 0) is 56.7 Å². The summed E-state index contributed by atoms with van der Waals surface area (Å²) in [4.78, 5) is 78.0. The molecule has 0 fully saturated rings. The third-order valence-electron chi connectivity index (χ3n) is 10.1. The number of amides is 3. The van der Waals surface area contributed by atoms with E-state index in [0.717, 1.165) is 63.4 Å². The summed E-state index contributed by atoms with van der Waals surface area (Å²) >= 11 is 13.1. The molecular weight excluding hydrogens is 1070 g/mol. The average molecular weight is 1110 g/mol. The molecule has 0 aliphatic rings. The van der Waals surface area contributed by atoms with Gasteiger partial charge in [-0.1, -0.05) is 29.3 Å². The molecule has 0 atom stereocenters. The summed E-state index contributed by atoms with van der Waals surface area (Å²) in [5, 5.41) is 34.4. The standard InChI is InChI=1S/C25H25ClF5N7O4S.C20H19ClF2N6O3/c1-23(2,36-22(41)25(29,30)31)14-43-16-6-5-8-32-15(16)10-33-19(39)12-37-18(26)11-34-20(21(37)40)35-13-24(27,28)17-7-3-4-9-38(17)42;1-13-5-4-7-24-14(13)9-25-17(30)11-28-16(21)10-26-18(19(28)31)27-12-20(22,23)15-6-2-3-8-29(15)32/h3-9,11H,10,12-14H2,1-2H3,(H,33,39)(H,34,35)(H,36,41);2-8,10H,9,11-12H2,1H3,(H,25,30)(H,26,27). The van der Waals surface area contributed by atoms with Crippen LogP contribution in [-0.2, 0) is 52.4 Å². The monoisotopic (exact) mass is 1110 g/mol. The van der Waals surface area contributed by atoms with Gasteiger partial charge in [0.2, 0.25) is 11.8 Å². The minimum atomic E-state index is -5.03. The number of thioether (sulfide) groups is 1. The normalized spacial score (nSPS) is 11.7. The summed E-state index contributed by atoms with van der Waals surface area (Å²) in [6.45, 7) is 1.42. The van der Waals surface area contributed by atoms with E-state index in [9.17, 15) is 65.1 Å². The number of alkyl halides is 7. The number of hydrogen-bond donors (Lipinski definition) is 5. The first kappa shape index (κ1) is 58.3. The van der Waals surface area contributed by atoms with Crippen molar-refractivity contribution < 1.29 is 54.6 Å². The van der Waals surface area contributed by atoms with Gasteiger partial charge in [0.05, 0.1) is 50.0 Å². The molecule has 5 N–H and O–H groups in total. The van der Waals surface area contributed by atoms with Gasteiger partial charge in [0, 0.05) is 52.8 Å². The van der Waals surface area contributed by atoms with Crippen LogP contribution in [0, 0.1) is 17.3 Å². The van der Waals surface area contributed by atoms with Crippen molar-refractivity contribution in [1.29, 1.82) is 0 Å². The molecule has 0 saturated heterocycles. The number of carbonyl (C=O) groups excluding carboxylic acids is 3. The lowest BCUT2D eigenvalue weighted by molar-refractivity contribution is -0.624. The highest BCUT2D eigenvalue weighted by atomic mass is 35.5. The number of rotatable bonds is 20. The Bertz CT molecular complexity index is 3140. The summed E-state index contributed by atoms with van der Waals surface area (Å²) < 4.78 is 97.5. The van der Waals surface area contributed by atoms with Crippen molar-refractivity contribution in [1.82, 2.24) is 45.0 Å². The first-order valence-corrected chi connectivity index (χ1v) is 23.4. The smallest absolute Gasteiger partial charge is 0.471 e. The Hall–Kier alpha value is -7.59. The predicted octanol–water partition coefficient (Wildman–Crippen LogP) is 4.75. The van der Waals surface area contributed by atoms with Crippen molar-refractivity contribution in [2.45, 2.75) is 75.4 Å². The maximum absolute atomic E-state index is 14.6. The van der Waals surface area contributed by atoms with E-state index in [0.29, 0.717) is 16.3 Å². The molecule has 0 bridgehead atoms. The lowest BCUT2D eigenvalue weighted by atomic mass is 10.1. The fraction of sp³-hybridized carbons (Fsp3) is 0.311. The summed E-state index contributed by atoms with van der Waals surface area (Å²) in [6.07, 6.45) is 1.90. The molecule has 0 aliphatic heterocycles. The average Bonchev–Trinajstić information content (AvgIpc) is 3.34. The molecule has 6 heterocycles. The van der Waals surface area contributed by atoms with Crippen molar-refractivity contribution >= 4 is 64.3 Å². The highest BCUT2D eigenvalue weighted by Gasteiger charge is 2.42. The SMILES string of the molecule is CC(C)(CSc1cccnc1CNC(=O)Cn1c(Cl)cnc(NCC(F)(F)c2cccc[n+]2[O-])c1=O)NC(=O)C(F)(F)F.Cc1cccnc1CNC(=O)Cn1c(Cl)cnc(NCC(F)(F)c2cccc[n+]2[O-])c1=O. The van der Waals surface area contributed by atoms with Crippen LogP contribution >= 0.6 is 35.0 Å². The van der Waals surface area contributed by atoms with Gasteiger partial charge in [-0.3, -0.25) is 43.1 Å². The van der Waals surface area contributed by atoms with Crippen LogP contribution in [0.4, 0.5) is 42.4 Å². The molecule has 6 aromatic heterocycles. The van der Waals surface area contributed by atoms with Crippen molar-refractivity contribution in [3.05, 3.63) is 168 Å². The maximum Gasteiger partial charge on any atom is 0.471 e. The molecule has 0 spiro atoms. The van der Waals surface area contributed by atoms with E-state index in [-0.39, 0.29) is 38.6 Å². The number of nitrogens with zero attached hydrogens (tertiary/aromatic N) is 8. The number of carbonyl (C=O) groups is 3. The van der Waals surface area contributed by atoms with Crippen LogP contribution in [-0.4, -0.2) is 77.3 Å². The van der Waals surface area contributed by atoms with Gasteiger partial charge < -0.3 is 37.0 Å². The maximum atomic E-state index is 14.6. The quantitative estimate of drug-likeness (QED) is 0.0299. The molecule has 0 saturated carbocycles. The number of nitrogens with one attached hydrogen (secondary N) is 5. The lowest BCUT2D eigenvalue weighted by Crippen LogP contribution is -2.50. The van der Waals surface area contributed by atoms with Crippen molar-refractivity contribution in [2.24, 2.45) is 0 Å². The number of halogens is 9. The predicted molar refractivity (Wildman–Crippen MR) is 258 cm³/mol. The number of hydrogen-bond acceptors (Lipinski definition) is 14. The van der Waals surface area contributed by atoms with E-state index in [1.54, 1.807) is 24.4 Å². The van der Waals surface area contributed by atoms with E-state index < -0.39 is 102 Å². The van der Waals surface area contributed by atoms with Crippen LogP contribution in [0.15, 0.2) is 112 Å². The molecular formula is C45H44Cl2F7N13O7S. The van der Waals surface area contributed by atoms with E-state index in [2.05, 4.69) is 41.2 Å². The molecule has 0 aliphatic carbocycles. The van der Waals surface area contributed by atoms with Crippen LogP contribution in [0.5, 0.6) is 0 Å². The van der Waals surface area contributed by atoms with E-state index in [4.69, 9.17) is 23.2 Å². The molecule has 400 valence electrons. The second-order valence-electron chi connectivity index (χ2n) is 16.5. The highest BCUT2D eigenvalue weighted by molar-refractivity contribution is 7.99. The van der Waals surface area contributed by atoms with Gasteiger partial charge in [0.25, 0.3) is 22.5 Å². The second kappa shape index (κ2) is 25.1. The van der Waals surface area contributed by atoms with Gasteiger partial charge in [0.1, 0.15) is 23.4 Å². The zero-order valence-corrected chi connectivity index (χ0v) is 41.8. The minimum absolute atomic E-state index is 0.00223. The molecule has 6 aromatic rings. The molecule has 30 heteroatoms. The molecule has 6 rings (SSSR count). The van der Waals surface area contributed by atoms with Gasteiger partial charge in [-0.2, -0.15) is 40.2 Å². The van der Waals surface area contributed by atoms with Gasteiger partial charge in [-0.15, -0.1) is 11.8 Å². The van der Waals surface area contributed by atoms with Crippen molar-refractivity contribution in [3.8, 4) is 0 Å². The Morgan fingerprint density at radius 3 is 1.57 bits per heavy atom. The summed E-state index contributed by atoms with van der Waals surface area (Å²) in [6, 6.07) is 13.9. The van der Waals surface area contributed by atoms with Crippen LogP contribution in [0.3, 0.4) is 0 Å². The molecule has 0 radical (unpaired) electrons. The summed E-state index contributed by atoms with van der Waals surface area (Å²) in [5.41, 5.74) is -2.80. The zero-order chi connectivity index (χ0) is 55.3. The Morgan fingerprint density at radius 2 is 1.12 bits per heavy atom. The number of aryl methyl sites for hydroxylation is 1. The number of anilines is 2. The molecule has 20 nitrogen and oxygen atoms in total. The van der Waals surface area contributed by atoms with Gasteiger partial charge >= 0.3 is 23.9 Å². The first-order valence-electron chi connectivity index (χ1n) is 21.7. The fourth-order valence-electron chi connectivity index (χ4n) is 6.29. The third kappa shape index (κ3) is 16.5. The zero-order valence-electron chi connectivity index (χ0n) is 39.4. The second-order valence-corrected chi connectivity index (χ2v) is 18.3. The third-order valence-corrected chi connectivity index (χ3v) is 12.3. The van der Waals surface area contributed by atoms with Crippen molar-refractivity contribution in [3.63, 3.8) is 0 Å². The first-order chi connectivity index (χ1) is 35.2. The topological polar surface area (TPSA) is 261 Å². The Balaban J connectivity index is 0.000000289. The van der Waals surface area contributed by atoms with Gasteiger partial charge in [-0.25, -0.2) is 9.97 Å².